The standard InChI is InChI=1S/C12H17NO2/c1-13-8-6-12(7-9-13)15-11-4-2-10(14)3-5-11/h2-5,12,14H,6-9H2,1H3. The van der Waals surface area contributed by atoms with Gasteiger partial charge in [0.25, 0.3) is 0 Å². The first-order valence-electron chi connectivity index (χ1n) is 5.38. The zero-order valence-electron chi connectivity index (χ0n) is 9.02. The molecule has 1 aliphatic rings. The summed E-state index contributed by atoms with van der Waals surface area (Å²) in [6.45, 7) is 2.20. The van der Waals surface area contributed by atoms with Crippen LogP contribution in [0.3, 0.4) is 0 Å². The minimum Gasteiger partial charge on any atom is -0.508 e. The van der Waals surface area contributed by atoms with Crippen LogP contribution in [0, 0.1) is 0 Å². The number of hydrogen-bond acceptors (Lipinski definition) is 3. The molecule has 0 amide bonds. The molecule has 15 heavy (non-hydrogen) atoms. The van der Waals surface area contributed by atoms with Crippen molar-refractivity contribution in [3.63, 3.8) is 0 Å². The summed E-state index contributed by atoms with van der Waals surface area (Å²) >= 11 is 0. The molecule has 1 aromatic rings. The van der Waals surface area contributed by atoms with Crippen LogP contribution in [0.4, 0.5) is 0 Å². The molecule has 1 heterocycles. The van der Waals surface area contributed by atoms with Crippen molar-refractivity contribution in [2.45, 2.75) is 18.9 Å². The molecule has 0 spiro atoms. The van der Waals surface area contributed by atoms with Crippen molar-refractivity contribution in [1.29, 1.82) is 0 Å². The maximum atomic E-state index is 9.14. The fourth-order valence-corrected chi connectivity index (χ4v) is 1.82. The van der Waals surface area contributed by atoms with E-state index in [1.165, 1.54) is 0 Å². The molecular formula is C12H17NO2. The highest BCUT2D eigenvalue weighted by Crippen LogP contribution is 2.20. The van der Waals surface area contributed by atoms with Crippen LogP contribution >= 0.6 is 0 Å². The van der Waals surface area contributed by atoms with Crippen LogP contribution in [0.15, 0.2) is 24.3 Å². The molecule has 1 saturated heterocycles. The lowest BCUT2D eigenvalue weighted by atomic mass is 10.1. The summed E-state index contributed by atoms with van der Waals surface area (Å²) in [7, 11) is 2.14. The van der Waals surface area contributed by atoms with E-state index in [4.69, 9.17) is 9.84 Å². The van der Waals surface area contributed by atoms with Gasteiger partial charge in [-0.2, -0.15) is 0 Å². The molecule has 1 fully saturated rings. The van der Waals surface area contributed by atoms with E-state index in [-0.39, 0.29) is 5.75 Å². The molecule has 1 aliphatic heterocycles. The third kappa shape index (κ3) is 2.86. The Bertz CT molecular complexity index is 302. The van der Waals surface area contributed by atoms with Crippen LogP contribution in [0.5, 0.6) is 11.5 Å². The zero-order valence-corrected chi connectivity index (χ0v) is 9.02. The molecule has 0 bridgehead atoms. The maximum absolute atomic E-state index is 9.14. The first-order valence-corrected chi connectivity index (χ1v) is 5.38. The van der Waals surface area contributed by atoms with E-state index < -0.39 is 0 Å². The molecule has 0 saturated carbocycles. The van der Waals surface area contributed by atoms with E-state index in [0.29, 0.717) is 6.10 Å². The first kappa shape index (κ1) is 10.3. The molecule has 0 radical (unpaired) electrons. The molecule has 0 atom stereocenters. The van der Waals surface area contributed by atoms with Crippen LogP contribution in [0.25, 0.3) is 0 Å². The molecule has 0 aliphatic carbocycles. The van der Waals surface area contributed by atoms with Gasteiger partial charge in [0.2, 0.25) is 0 Å². The van der Waals surface area contributed by atoms with E-state index in [1.54, 1.807) is 12.1 Å². The Morgan fingerprint density at radius 2 is 1.80 bits per heavy atom. The zero-order chi connectivity index (χ0) is 10.7. The summed E-state index contributed by atoms with van der Waals surface area (Å²) in [6, 6.07) is 6.94. The number of phenols is 1. The van der Waals surface area contributed by atoms with Crippen molar-refractivity contribution in [3.8, 4) is 11.5 Å². The molecular weight excluding hydrogens is 190 g/mol. The van der Waals surface area contributed by atoms with Gasteiger partial charge in [-0.3, -0.25) is 0 Å². The van der Waals surface area contributed by atoms with Gasteiger partial charge >= 0.3 is 0 Å². The van der Waals surface area contributed by atoms with Crippen LogP contribution in [-0.4, -0.2) is 36.2 Å². The number of ether oxygens (including phenoxy) is 1. The third-order valence-corrected chi connectivity index (χ3v) is 2.81. The molecule has 0 aromatic heterocycles. The van der Waals surface area contributed by atoms with Crippen LogP contribution in [-0.2, 0) is 0 Å². The Kier molecular flexibility index (Phi) is 3.11. The molecule has 82 valence electrons. The van der Waals surface area contributed by atoms with Gasteiger partial charge in [0.15, 0.2) is 0 Å². The van der Waals surface area contributed by atoms with Crippen molar-refractivity contribution >= 4 is 0 Å². The highest BCUT2D eigenvalue weighted by molar-refractivity contribution is 5.30. The molecule has 3 nitrogen and oxygen atoms in total. The Hall–Kier alpha value is -1.22. The van der Waals surface area contributed by atoms with Gasteiger partial charge in [0.05, 0.1) is 0 Å². The highest BCUT2D eigenvalue weighted by atomic mass is 16.5. The van der Waals surface area contributed by atoms with Gasteiger partial charge in [0.1, 0.15) is 17.6 Å². The molecule has 0 unspecified atom stereocenters. The number of hydrogen-bond donors (Lipinski definition) is 1. The summed E-state index contributed by atoms with van der Waals surface area (Å²) in [6.07, 6.45) is 2.49. The second-order valence-corrected chi connectivity index (χ2v) is 4.11. The summed E-state index contributed by atoms with van der Waals surface area (Å²) in [5.41, 5.74) is 0. The van der Waals surface area contributed by atoms with Crippen LogP contribution in [0.1, 0.15) is 12.8 Å². The smallest absolute Gasteiger partial charge is 0.119 e. The van der Waals surface area contributed by atoms with E-state index in [2.05, 4.69) is 11.9 Å². The van der Waals surface area contributed by atoms with Crippen molar-refractivity contribution in [3.05, 3.63) is 24.3 Å². The lowest BCUT2D eigenvalue weighted by Gasteiger charge is -2.29. The molecule has 3 heteroatoms. The Morgan fingerprint density at radius 1 is 1.20 bits per heavy atom. The first-order chi connectivity index (χ1) is 7.24. The quantitative estimate of drug-likeness (QED) is 0.803. The van der Waals surface area contributed by atoms with Gasteiger partial charge in [-0.25, -0.2) is 0 Å². The number of piperidine rings is 1. The van der Waals surface area contributed by atoms with E-state index >= 15 is 0 Å². The second-order valence-electron chi connectivity index (χ2n) is 4.11. The average molecular weight is 207 g/mol. The van der Waals surface area contributed by atoms with Crippen molar-refractivity contribution in [1.82, 2.24) is 4.90 Å². The van der Waals surface area contributed by atoms with Gasteiger partial charge in [-0.1, -0.05) is 0 Å². The van der Waals surface area contributed by atoms with Gasteiger partial charge in [0, 0.05) is 13.1 Å². The van der Waals surface area contributed by atoms with Gasteiger partial charge in [-0.15, -0.1) is 0 Å². The molecule has 1 N–H and O–H groups in total. The summed E-state index contributed by atoms with van der Waals surface area (Å²) < 4.78 is 5.82. The predicted octanol–water partition coefficient (Wildman–Crippen LogP) is 1.87. The Morgan fingerprint density at radius 3 is 2.40 bits per heavy atom. The predicted molar refractivity (Wildman–Crippen MR) is 59.3 cm³/mol. The van der Waals surface area contributed by atoms with Gasteiger partial charge in [-0.05, 0) is 44.2 Å². The minimum atomic E-state index is 0.283. The highest BCUT2D eigenvalue weighted by Gasteiger charge is 2.17. The third-order valence-electron chi connectivity index (χ3n) is 2.81. The monoisotopic (exact) mass is 207 g/mol. The second kappa shape index (κ2) is 4.53. The number of phenolic OH excluding ortho intramolecular Hbond substituents is 1. The summed E-state index contributed by atoms with van der Waals surface area (Å²) in [5, 5.41) is 9.14. The summed E-state index contributed by atoms with van der Waals surface area (Å²) in [4.78, 5) is 2.32. The molecule has 1 aromatic carbocycles. The average Bonchev–Trinajstić information content (AvgIpc) is 2.25. The fourth-order valence-electron chi connectivity index (χ4n) is 1.82. The SMILES string of the molecule is CN1CCC(Oc2ccc(O)cc2)CC1. The largest absolute Gasteiger partial charge is 0.508 e. The minimum absolute atomic E-state index is 0.283. The van der Waals surface area contributed by atoms with Gasteiger partial charge < -0.3 is 14.7 Å². The Balaban J connectivity index is 1.89. The number of likely N-dealkylation sites (tertiary alicyclic amines) is 1. The van der Waals surface area contributed by atoms with Crippen LogP contribution in [0.2, 0.25) is 0 Å². The number of aromatic hydroxyl groups is 1. The van der Waals surface area contributed by atoms with E-state index in [9.17, 15) is 0 Å². The summed E-state index contributed by atoms with van der Waals surface area (Å²) in [5.74, 6) is 1.13. The normalized spacial score (nSPS) is 19.0. The van der Waals surface area contributed by atoms with Crippen molar-refractivity contribution in [2.24, 2.45) is 0 Å². The van der Waals surface area contributed by atoms with Crippen molar-refractivity contribution in [2.75, 3.05) is 20.1 Å². The lowest BCUT2D eigenvalue weighted by Crippen LogP contribution is -2.35. The number of nitrogens with zero attached hydrogens (tertiary/aromatic N) is 1. The molecule has 2 rings (SSSR count). The fraction of sp³-hybridized carbons (Fsp3) is 0.500. The van der Waals surface area contributed by atoms with E-state index in [0.717, 1.165) is 31.7 Å². The van der Waals surface area contributed by atoms with Crippen LogP contribution < -0.4 is 4.74 Å². The number of rotatable bonds is 2. The number of benzene rings is 1. The Labute approximate surface area is 90.3 Å². The lowest BCUT2D eigenvalue weighted by molar-refractivity contribution is 0.114. The topological polar surface area (TPSA) is 32.7 Å². The maximum Gasteiger partial charge on any atom is 0.119 e. The van der Waals surface area contributed by atoms with Crippen molar-refractivity contribution < 1.29 is 9.84 Å². The van der Waals surface area contributed by atoms with E-state index in [1.807, 2.05) is 12.1 Å².